The van der Waals surface area contributed by atoms with Gasteiger partial charge in [0.15, 0.2) is 11.5 Å². The van der Waals surface area contributed by atoms with E-state index in [1.807, 2.05) is 0 Å². The summed E-state index contributed by atoms with van der Waals surface area (Å²) in [4.78, 5) is 0. The molecule has 0 aromatic heterocycles. The van der Waals surface area contributed by atoms with Gasteiger partial charge < -0.3 is 24.8 Å². The average Bonchev–Trinajstić information content (AvgIpc) is 2.19. The zero-order valence-corrected chi connectivity index (χ0v) is 9.24. The molecule has 0 spiro atoms. The van der Waals surface area contributed by atoms with E-state index in [1.165, 1.54) is 0 Å². The minimum atomic E-state index is -4.64. The van der Waals surface area contributed by atoms with Crippen LogP contribution < -0.4 is 0 Å². The molecular weight excluding hydrogens is 244 g/mol. The van der Waals surface area contributed by atoms with Crippen molar-refractivity contribution in [1.29, 1.82) is 0 Å². The topological polar surface area (TPSA) is 134 Å². The Balaban J connectivity index is 3.00. The highest BCUT2D eigenvalue weighted by Gasteiger charge is 2.50. The third-order valence-corrected chi connectivity index (χ3v) is 3.59. The van der Waals surface area contributed by atoms with Gasteiger partial charge in [-0.05, 0) is 0 Å². The van der Waals surface area contributed by atoms with E-state index in [-0.39, 0.29) is 0 Å². The van der Waals surface area contributed by atoms with Gasteiger partial charge in [0.2, 0.25) is 0 Å². The third-order valence-electron chi connectivity index (χ3n) is 2.40. The second-order valence-electron chi connectivity index (χ2n) is 3.42. The van der Waals surface area contributed by atoms with Gasteiger partial charge in [0.25, 0.3) is 10.1 Å². The molecular formula is C7H14O8S. The van der Waals surface area contributed by atoms with Crippen LogP contribution in [0.5, 0.6) is 0 Å². The smallest absolute Gasteiger partial charge is 0.275 e. The molecule has 0 aromatic carbocycles. The van der Waals surface area contributed by atoms with Crippen LogP contribution in [-0.2, 0) is 19.6 Å². The number of aliphatic hydroxyl groups excluding tert-OH is 3. The van der Waals surface area contributed by atoms with E-state index in [2.05, 4.69) is 4.74 Å². The molecule has 16 heavy (non-hydrogen) atoms. The Kier molecular flexibility index (Phi) is 4.23. The van der Waals surface area contributed by atoms with Crippen molar-refractivity contribution >= 4 is 10.1 Å². The zero-order chi connectivity index (χ0) is 12.5. The number of ether oxygens (including phenoxy) is 2. The number of hydrogen-bond donors (Lipinski definition) is 4. The summed E-state index contributed by atoms with van der Waals surface area (Å²) in [5, 5.41) is 25.9. The summed E-state index contributed by atoms with van der Waals surface area (Å²) in [6.07, 6.45) is -6.04. The maximum absolute atomic E-state index is 11.0. The predicted molar refractivity (Wildman–Crippen MR) is 50.1 cm³/mol. The lowest BCUT2D eigenvalue weighted by atomic mass is 10.0. The molecule has 0 aromatic rings. The SMILES string of the molecule is CO[C@@H]1O[C@H](CO)[C@@H](O)[C@H](O)[C@H]1S(=O)(=O)O. The van der Waals surface area contributed by atoms with Gasteiger partial charge in [-0.25, -0.2) is 0 Å². The van der Waals surface area contributed by atoms with Gasteiger partial charge in [-0.3, -0.25) is 4.55 Å². The second-order valence-corrected chi connectivity index (χ2v) is 5.00. The van der Waals surface area contributed by atoms with E-state index in [9.17, 15) is 18.6 Å². The fraction of sp³-hybridized carbons (Fsp3) is 1.00. The largest absolute Gasteiger partial charge is 0.394 e. The van der Waals surface area contributed by atoms with Gasteiger partial charge in [0, 0.05) is 7.11 Å². The maximum Gasteiger partial charge on any atom is 0.275 e. The van der Waals surface area contributed by atoms with E-state index < -0.39 is 46.6 Å². The van der Waals surface area contributed by atoms with Crippen molar-refractivity contribution in [2.75, 3.05) is 13.7 Å². The monoisotopic (exact) mass is 258 g/mol. The van der Waals surface area contributed by atoms with Gasteiger partial charge in [0.05, 0.1) is 6.61 Å². The molecule has 1 rings (SSSR count). The highest BCUT2D eigenvalue weighted by atomic mass is 32.2. The maximum atomic E-state index is 11.0. The zero-order valence-electron chi connectivity index (χ0n) is 8.42. The molecule has 1 aliphatic heterocycles. The van der Waals surface area contributed by atoms with Crippen LogP contribution in [0.4, 0.5) is 0 Å². The molecule has 0 radical (unpaired) electrons. The third kappa shape index (κ3) is 2.51. The molecule has 1 heterocycles. The van der Waals surface area contributed by atoms with Gasteiger partial charge in [0.1, 0.15) is 18.3 Å². The Hall–Kier alpha value is -0.290. The van der Waals surface area contributed by atoms with Crippen LogP contribution in [-0.4, -0.2) is 71.9 Å². The van der Waals surface area contributed by atoms with Crippen molar-refractivity contribution < 1.29 is 37.8 Å². The Bertz CT molecular complexity index is 325. The molecule has 9 heteroatoms. The number of methoxy groups -OCH3 is 1. The van der Waals surface area contributed by atoms with E-state index in [4.69, 9.17) is 14.4 Å². The van der Waals surface area contributed by atoms with Crippen molar-refractivity contribution in [3.63, 3.8) is 0 Å². The van der Waals surface area contributed by atoms with Crippen LogP contribution in [0.1, 0.15) is 0 Å². The summed E-state index contributed by atoms with van der Waals surface area (Å²) in [7, 11) is -3.53. The van der Waals surface area contributed by atoms with Crippen molar-refractivity contribution in [2.24, 2.45) is 0 Å². The molecule has 4 N–H and O–H groups in total. The number of hydrogen-bond acceptors (Lipinski definition) is 7. The van der Waals surface area contributed by atoms with Crippen LogP contribution in [0.15, 0.2) is 0 Å². The van der Waals surface area contributed by atoms with Gasteiger partial charge in [-0.15, -0.1) is 0 Å². The van der Waals surface area contributed by atoms with Gasteiger partial charge in [-0.1, -0.05) is 0 Å². The molecule has 0 aliphatic carbocycles. The van der Waals surface area contributed by atoms with Crippen LogP contribution in [0, 0.1) is 0 Å². The van der Waals surface area contributed by atoms with Crippen LogP contribution in [0.25, 0.3) is 0 Å². The quantitative estimate of drug-likeness (QED) is 0.403. The highest BCUT2D eigenvalue weighted by Crippen LogP contribution is 2.26. The summed E-state index contributed by atoms with van der Waals surface area (Å²) >= 11 is 0. The number of rotatable bonds is 3. The van der Waals surface area contributed by atoms with Gasteiger partial charge in [-0.2, -0.15) is 8.42 Å². The lowest BCUT2D eigenvalue weighted by Crippen LogP contribution is -2.61. The summed E-state index contributed by atoms with van der Waals surface area (Å²) in [6.45, 7) is -0.615. The van der Waals surface area contributed by atoms with Gasteiger partial charge >= 0.3 is 0 Å². The Labute approximate surface area is 92.2 Å². The summed E-state index contributed by atoms with van der Waals surface area (Å²) in [6, 6.07) is 0. The standard InChI is InChI=1S/C7H14O8S/c1-14-7-6(16(11,12)13)5(10)4(9)3(2-8)15-7/h3-10H,2H2,1H3,(H,11,12,13)/t3-,4-,5+,6-,7-/m1/s1. The molecule has 1 saturated heterocycles. The van der Waals surface area contributed by atoms with Crippen LogP contribution >= 0.6 is 0 Å². The molecule has 96 valence electrons. The summed E-state index contributed by atoms with van der Waals surface area (Å²) < 4.78 is 40.3. The lowest BCUT2D eigenvalue weighted by molar-refractivity contribution is -0.246. The predicted octanol–water partition coefficient (Wildman–Crippen LogP) is -2.67. The first-order valence-electron chi connectivity index (χ1n) is 4.44. The molecule has 0 amide bonds. The van der Waals surface area contributed by atoms with Crippen molar-refractivity contribution in [2.45, 2.75) is 29.9 Å². The molecule has 0 unspecified atom stereocenters. The Morgan fingerprint density at radius 1 is 1.31 bits per heavy atom. The molecule has 0 saturated carbocycles. The summed E-state index contributed by atoms with van der Waals surface area (Å²) in [5.41, 5.74) is 0. The van der Waals surface area contributed by atoms with Crippen LogP contribution in [0.3, 0.4) is 0 Å². The Morgan fingerprint density at radius 3 is 2.25 bits per heavy atom. The van der Waals surface area contributed by atoms with E-state index >= 15 is 0 Å². The van der Waals surface area contributed by atoms with Crippen molar-refractivity contribution in [1.82, 2.24) is 0 Å². The van der Waals surface area contributed by atoms with Crippen LogP contribution in [0.2, 0.25) is 0 Å². The fourth-order valence-electron chi connectivity index (χ4n) is 1.56. The van der Waals surface area contributed by atoms with Crippen molar-refractivity contribution in [3.8, 4) is 0 Å². The second kappa shape index (κ2) is 4.92. The highest BCUT2D eigenvalue weighted by molar-refractivity contribution is 7.86. The minimum Gasteiger partial charge on any atom is -0.394 e. The molecule has 0 bridgehead atoms. The lowest BCUT2D eigenvalue weighted by Gasteiger charge is -2.39. The van der Waals surface area contributed by atoms with Crippen molar-refractivity contribution in [3.05, 3.63) is 0 Å². The summed E-state index contributed by atoms with van der Waals surface area (Å²) in [5.74, 6) is 0. The molecule has 1 fully saturated rings. The first kappa shape index (κ1) is 13.8. The molecule has 5 atom stereocenters. The van der Waals surface area contributed by atoms with E-state index in [1.54, 1.807) is 0 Å². The Morgan fingerprint density at radius 2 is 1.88 bits per heavy atom. The average molecular weight is 258 g/mol. The minimum absolute atomic E-state index is 0.615. The first-order chi connectivity index (χ1) is 7.32. The fourth-order valence-corrected chi connectivity index (χ4v) is 2.53. The van der Waals surface area contributed by atoms with E-state index in [0.29, 0.717) is 0 Å². The number of aliphatic hydroxyl groups is 3. The molecule has 1 aliphatic rings. The van der Waals surface area contributed by atoms with E-state index in [0.717, 1.165) is 7.11 Å². The molecule has 8 nitrogen and oxygen atoms in total. The first-order valence-corrected chi connectivity index (χ1v) is 5.94. The normalized spacial score (nSPS) is 40.9.